The van der Waals surface area contributed by atoms with Gasteiger partial charge in [0.1, 0.15) is 11.2 Å². The first-order chi connectivity index (χ1) is 27.7. The largest absolute Gasteiger partial charge is 0.456 e. The van der Waals surface area contributed by atoms with Crippen LogP contribution in [0, 0.1) is 0 Å². The molecule has 0 aliphatic heterocycles. The number of rotatable bonds is 6. The summed E-state index contributed by atoms with van der Waals surface area (Å²) < 4.78 is 8.52. The summed E-state index contributed by atoms with van der Waals surface area (Å²) >= 11 is 1.74. The molecule has 262 valence electrons. The lowest BCUT2D eigenvalue weighted by molar-refractivity contribution is 0.669. The Balaban J connectivity index is 1.09. The molecule has 0 spiro atoms. The Kier molecular flexibility index (Phi) is 7.57. The number of furan rings is 1. The first-order valence-corrected chi connectivity index (χ1v) is 19.2. The van der Waals surface area contributed by atoms with Gasteiger partial charge in [-0.3, -0.25) is 0 Å². The molecule has 0 bridgehead atoms. The monoisotopic (exact) mass is 735 g/mol. The van der Waals surface area contributed by atoms with E-state index in [9.17, 15) is 0 Å². The van der Waals surface area contributed by atoms with E-state index in [1.54, 1.807) is 11.3 Å². The maximum atomic E-state index is 6.26. The average molecular weight is 736 g/mol. The van der Waals surface area contributed by atoms with Crippen LogP contribution in [0.4, 0.5) is 0 Å². The minimum absolute atomic E-state index is 0.594. The van der Waals surface area contributed by atoms with E-state index in [1.807, 2.05) is 97.1 Å². The van der Waals surface area contributed by atoms with Crippen LogP contribution in [0.5, 0.6) is 0 Å². The van der Waals surface area contributed by atoms with Crippen LogP contribution in [-0.4, -0.2) is 24.9 Å². The van der Waals surface area contributed by atoms with Crippen molar-refractivity contribution in [3.8, 4) is 68.1 Å². The van der Waals surface area contributed by atoms with Gasteiger partial charge in [0.2, 0.25) is 0 Å². The summed E-state index contributed by atoms with van der Waals surface area (Å²) in [4.78, 5) is 25.7. The van der Waals surface area contributed by atoms with Gasteiger partial charge in [-0.1, -0.05) is 133 Å². The van der Waals surface area contributed by atoms with E-state index in [-0.39, 0.29) is 0 Å². The zero-order chi connectivity index (χ0) is 37.0. The Morgan fingerprint density at radius 2 is 0.911 bits per heavy atom. The van der Waals surface area contributed by atoms with Crippen molar-refractivity contribution in [1.82, 2.24) is 24.9 Å². The lowest BCUT2D eigenvalue weighted by Gasteiger charge is -2.10. The molecule has 0 unspecified atom stereocenters. The van der Waals surface area contributed by atoms with Crippen molar-refractivity contribution < 1.29 is 4.42 Å². The molecule has 0 fully saturated rings. The highest BCUT2D eigenvalue weighted by Crippen LogP contribution is 2.42. The molecular weight excluding hydrogens is 707 g/mol. The first kappa shape index (κ1) is 32.1. The van der Waals surface area contributed by atoms with E-state index in [2.05, 4.69) is 78.9 Å². The summed E-state index contributed by atoms with van der Waals surface area (Å²) in [5.41, 5.74) is 9.19. The van der Waals surface area contributed by atoms with Gasteiger partial charge >= 0.3 is 0 Å². The topological polar surface area (TPSA) is 77.6 Å². The van der Waals surface area contributed by atoms with Crippen molar-refractivity contribution in [2.45, 2.75) is 0 Å². The third kappa shape index (κ3) is 5.52. The van der Waals surface area contributed by atoms with Gasteiger partial charge in [-0.2, -0.15) is 0 Å². The average Bonchev–Trinajstić information content (AvgIpc) is 3.85. The van der Waals surface area contributed by atoms with E-state index >= 15 is 0 Å². The molecule has 56 heavy (non-hydrogen) atoms. The first-order valence-electron chi connectivity index (χ1n) is 18.4. The van der Waals surface area contributed by atoms with Gasteiger partial charge in [0.15, 0.2) is 23.3 Å². The van der Waals surface area contributed by atoms with Gasteiger partial charge in [0.25, 0.3) is 0 Å². The third-order valence-corrected chi connectivity index (χ3v) is 11.4. The molecule has 11 aromatic rings. The Labute approximate surface area is 325 Å². The Bertz CT molecular complexity index is 3190. The number of para-hydroxylation sites is 1. The minimum Gasteiger partial charge on any atom is -0.456 e. The maximum Gasteiger partial charge on any atom is 0.165 e. The van der Waals surface area contributed by atoms with Crippen LogP contribution in [0.3, 0.4) is 0 Å². The fraction of sp³-hybridized carbons (Fsp3) is 0. The molecule has 0 N–H and O–H groups in total. The third-order valence-electron chi connectivity index (χ3n) is 10.2. The van der Waals surface area contributed by atoms with Crippen LogP contribution >= 0.6 is 11.3 Å². The molecule has 7 aromatic carbocycles. The van der Waals surface area contributed by atoms with E-state index in [0.717, 1.165) is 86.9 Å². The van der Waals surface area contributed by atoms with Crippen LogP contribution in [0.1, 0.15) is 0 Å². The quantitative estimate of drug-likeness (QED) is 0.169. The number of nitrogens with zero attached hydrogens (tertiary/aromatic N) is 5. The standard InChI is InChI=1S/C49H29N5OS/c1-4-14-30(15-5-1)39-29-40(31-16-6-2-7-17-31)51-47(50-39)33-26-27-43-38(28-33)34-21-12-23-37(45(34)56-43)49-53-46(32-18-8-3-9-19-32)52-48(54-49)36-22-13-25-42-44(36)35-20-10-11-24-41(35)55-42/h1-29H. The molecule has 0 amide bonds. The van der Waals surface area contributed by atoms with Crippen LogP contribution in [-0.2, 0) is 0 Å². The summed E-state index contributed by atoms with van der Waals surface area (Å²) in [6.07, 6.45) is 0. The van der Waals surface area contributed by atoms with Gasteiger partial charge in [0, 0.05) is 64.3 Å². The van der Waals surface area contributed by atoms with Crippen LogP contribution in [0.25, 0.3) is 110 Å². The fourth-order valence-electron chi connectivity index (χ4n) is 7.50. The molecule has 4 aromatic heterocycles. The van der Waals surface area contributed by atoms with E-state index in [0.29, 0.717) is 23.3 Å². The summed E-state index contributed by atoms with van der Waals surface area (Å²) in [5, 5.41) is 4.27. The lowest BCUT2D eigenvalue weighted by atomic mass is 10.0. The lowest BCUT2D eigenvalue weighted by Crippen LogP contribution is -2.00. The van der Waals surface area contributed by atoms with Crippen molar-refractivity contribution in [3.63, 3.8) is 0 Å². The highest BCUT2D eigenvalue weighted by atomic mass is 32.1. The second kappa shape index (κ2) is 13.2. The van der Waals surface area contributed by atoms with Crippen molar-refractivity contribution in [1.29, 1.82) is 0 Å². The maximum absolute atomic E-state index is 6.26. The van der Waals surface area contributed by atoms with Crippen molar-refractivity contribution in [2.24, 2.45) is 0 Å². The minimum atomic E-state index is 0.594. The summed E-state index contributed by atoms with van der Waals surface area (Å²) in [7, 11) is 0. The Morgan fingerprint density at radius 1 is 0.357 bits per heavy atom. The summed E-state index contributed by atoms with van der Waals surface area (Å²) in [5.74, 6) is 2.50. The van der Waals surface area contributed by atoms with Gasteiger partial charge in [-0.05, 0) is 42.5 Å². The molecule has 0 radical (unpaired) electrons. The van der Waals surface area contributed by atoms with Crippen LogP contribution in [0.2, 0.25) is 0 Å². The number of hydrogen-bond donors (Lipinski definition) is 0. The molecule has 0 aliphatic rings. The SMILES string of the molecule is c1ccc(-c2cc(-c3ccccc3)nc(-c3ccc4sc5c(-c6nc(-c7ccccc7)nc(-c7cccc8oc9ccccc9c78)n6)cccc5c4c3)n2)cc1. The van der Waals surface area contributed by atoms with Crippen molar-refractivity contribution in [3.05, 3.63) is 176 Å². The number of benzene rings is 7. The van der Waals surface area contributed by atoms with Crippen LogP contribution < -0.4 is 0 Å². The number of fused-ring (bicyclic) bond motifs is 6. The summed E-state index contributed by atoms with van der Waals surface area (Å²) in [6, 6.07) is 59.8. The predicted molar refractivity (Wildman–Crippen MR) is 228 cm³/mol. The predicted octanol–water partition coefficient (Wildman–Crippen LogP) is 12.9. The van der Waals surface area contributed by atoms with Crippen LogP contribution in [0.15, 0.2) is 180 Å². The smallest absolute Gasteiger partial charge is 0.165 e. The highest BCUT2D eigenvalue weighted by Gasteiger charge is 2.20. The van der Waals surface area contributed by atoms with Gasteiger partial charge in [-0.25, -0.2) is 24.9 Å². The second-order valence-electron chi connectivity index (χ2n) is 13.6. The van der Waals surface area contributed by atoms with E-state index < -0.39 is 0 Å². The van der Waals surface area contributed by atoms with Crippen molar-refractivity contribution >= 4 is 53.4 Å². The molecule has 0 aliphatic carbocycles. The molecule has 7 heteroatoms. The van der Waals surface area contributed by atoms with Crippen molar-refractivity contribution in [2.75, 3.05) is 0 Å². The highest BCUT2D eigenvalue weighted by molar-refractivity contribution is 7.26. The molecule has 0 atom stereocenters. The Morgan fingerprint density at radius 3 is 1.64 bits per heavy atom. The number of thiophene rings is 1. The molecule has 0 saturated heterocycles. The van der Waals surface area contributed by atoms with Gasteiger partial charge in [-0.15, -0.1) is 11.3 Å². The molecule has 4 heterocycles. The summed E-state index contributed by atoms with van der Waals surface area (Å²) in [6.45, 7) is 0. The van der Waals surface area contributed by atoms with Gasteiger partial charge < -0.3 is 4.42 Å². The Hall–Kier alpha value is -7.35. The number of aromatic nitrogens is 5. The second-order valence-corrected chi connectivity index (χ2v) is 14.7. The zero-order valence-electron chi connectivity index (χ0n) is 29.8. The molecule has 0 saturated carbocycles. The fourth-order valence-corrected chi connectivity index (χ4v) is 8.69. The normalized spacial score (nSPS) is 11.6. The zero-order valence-corrected chi connectivity index (χ0v) is 30.6. The van der Waals surface area contributed by atoms with Gasteiger partial charge in [0.05, 0.1) is 11.4 Å². The number of hydrogen-bond acceptors (Lipinski definition) is 7. The van der Waals surface area contributed by atoms with E-state index in [1.165, 1.54) is 0 Å². The molecular formula is C49H29N5OS. The van der Waals surface area contributed by atoms with E-state index in [4.69, 9.17) is 29.3 Å². The molecule has 6 nitrogen and oxygen atoms in total. The molecule has 11 rings (SSSR count).